The zero-order chi connectivity index (χ0) is 15.7. The molecule has 1 aromatic heterocycles. The smallest absolute Gasteiger partial charge is 0.291 e. The average molecular weight is 305 g/mol. The van der Waals surface area contributed by atoms with E-state index in [-0.39, 0.29) is 18.0 Å². The molecule has 0 aliphatic carbocycles. The van der Waals surface area contributed by atoms with E-state index in [4.69, 9.17) is 0 Å². The molecule has 4 nitrogen and oxygen atoms in total. The van der Waals surface area contributed by atoms with Crippen LogP contribution in [0.4, 0.5) is 8.78 Å². The van der Waals surface area contributed by atoms with Gasteiger partial charge in [-0.05, 0) is 12.0 Å². The Morgan fingerprint density at radius 1 is 1.36 bits per heavy atom. The van der Waals surface area contributed by atoms with Gasteiger partial charge in [-0.2, -0.15) is 8.78 Å². The molecule has 2 aromatic rings. The highest BCUT2D eigenvalue weighted by molar-refractivity contribution is 5.92. The number of halogens is 2. The van der Waals surface area contributed by atoms with E-state index in [0.29, 0.717) is 12.8 Å². The predicted molar refractivity (Wildman–Crippen MR) is 77.0 cm³/mol. The van der Waals surface area contributed by atoms with Gasteiger partial charge < -0.3 is 0 Å². The van der Waals surface area contributed by atoms with Crippen molar-refractivity contribution in [2.45, 2.75) is 44.6 Å². The number of rotatable bonds is 5. The molecule has 3 rings (SSSR count). The van der Waals surface area contributed by atoms with Crippen molar-refractivity contribution in [1.29, 1.82) is 0 Å². The van der Waals surface area contributed by atoms with Crippen molar-refractivity contribution in [3.63, 3.8) is 0 Å². The number of unbranched alkanes of at least 4 members (excludes halogenated alkanes) is 1. The van der Waals surface area contributed by atoms with Crippen LogP contribution in [0.15, 0.2) is 30.3 Å². The first-order valence-corrected chi connectivity index (χ1v) is 7.46. The molecular formula is C16H17F2N3O. The topological polar surface area (TPSA) is 47.8 Å². The normalized spacial score (nSPS) is 19.1. The second kappa shape index (κ2) is 5.59. The van der Waals surface area contributed by atoms with Crippen molar-refractivity contribution in [3.05, 3.63) is 47.5 Å². The molecule has 0 spiro atoms. The number of hydrogen-bond acceptors (Lipinski definition) is 3. The maximum absolute atomic E-state index is 14.2. The van der Waals surface area contributed by atoms with E-state index in [9.17, 15) is 13.6 Å². The lowest BCUT2D eigenvalue weighted by Gasteiger charge is -2.11. The number of benzene rings is 1. The third kappa shape index (κ3) is 2.53. The zero-order valence-electron chi connectivity index (χ0n) is 12.3. The lowest BCUT2D eigenvalue weighted by atomic mass is 10.0. The number of ketones is 1. The van der Waals surface area contributed by atoms with Crippen molar-refractivity contribution >= 4 is 5.78 Å². The summed E-state index contributed by atoms with van der Waals surface area (Å²) < 4.78 is 29.6. The van der Waals surface area contributed by atoms with E-state index in [1.165, 1.54) is 4.68 Å². The van der Waals surface area contributed by atoms with Crippen LogP contribution in [0.5, 0.6) is 0 Å². The number of fused-ring (bicyclic) bond motifs is 1. The third-order valence-electron chi connectivity index (χ3n) is 3.89. The Bertz CT molecular complexity index is 682. The summed E-state index contributed by atoms with van der Waals surface area (Å²) >= 11 is 0. The Balaban J connectivity index is 1.95. The summed E-state index contributed by atoms with van der Waals surface area (Å²) in [5.74, 6) is -3.83. The van der Waals surface area contributed by atoms with Gasteiger partial charge in [-0.1, -0.05) is 43.7 Å². The van der Waals surface area contributed by atoms with E-state index in [0.717, 1.165) is 12.0 Å². The second-order valence-corrected chi connectivity index (χ2v) is 5.57. The Morgan fingerprint density at radius 3 is 2.77 bits per heavy atom. The molecule has 2 heterocycles. The quantitative estimate of drug-likeness (QED) is 0.791. The van der Waals surface area contributed by atoms with E-state index >= 15 is 0 Å². The highest BCUT2D eigenvalue weighted by atomic mass is 19.3. The van der Waals surface area contributed by atoms with Gasteiger partial charge in [0.15, 0.2) is 5.82 Å². The number of Topliss-reactive ketones (excluding diaryl/α,β-unsaturated/α-hetero) is 1. The van der Waals surface area contributed by atoms with Gasteiger partial charge in [0.1, 0.15) is 0 Å². The first-order chi connectivity index (χ1) is 10.5. The fourth-order valence-corrected chi connectivity index (χ4v) is 2.71. The number of nitrogens with zero attached hydrogens (tertiary/aromatic N) is 3. The Kier molecular flexibility index (Phi) is 3.76. The number of aromatic nitrogens is 3. The Labute approximate surface area is 127 Å². The zero-order valence-corrected chi connectivity index (χ0v) is 12.3. The fourth-order valence-electron chi connectivity index (χ4n) is 2.71. The molecule has 0 fully saturated rings. The highest BCUT2D eigenvalue weighted by Gasteiger charge is 2.49. The van der Waals surface area contributed by atoms with Gasteiger partial charge in [0.05, 0.1) is 6.04 Å². The van der Waals surface area contributed by atoms with Crippen LogP contribution < -0.4 is 0 Å². The molecule has 1 atom stereocenters. The van der Waals surface area contributed by atoms with Crippen molar-refractivity contribution in [2.24, 2.45) is 0 Å². The SMILES string of the molecule is CCCCC(=O)c1nc2n(n1)C(c1ccccc1)CC2(F)F. The minimum atomic E-state index is -3.06. The molecule has 0 bridgehead atoms. The number of carbonyl (C=O) groups is 1. The van der Waals surface area contributed by atoms with Crippen LogP contribution >= 0.6 is 0 Å². The van der Waals surface area contributed by atoms with Gasteiger partial charge in [-0.3, -0.25) is 4.79 Å². The summed E-state index contributed by atoms with van der Waals surface area (Å²) in [6, 6.07) is 8.43. The maximum Gasteiger partial charge on any atom is 0.308 e. The van der Waals surface area contributed by atoms with Crippen molar-refractivity contribution in [3.8, 4) is 0 Å². The summed E-state index contributed by atoms with van der Waals surface area (Å²) in [6.07, 6.45) is 1.50. The molecule has 6 heteroatoms. The van der Waals surface area contributed by atoms with Crippen molar-refractivity contribution in [2.75, 3.05) is 0 Å². The molecule has 1 aliphatic rings. The molecule has 1 aromatic carbocycles. The van der Waals surface area contributed by atoms with E-state index in [1.807, 2.05) is 13.0 Å². The summed E-state index contributed by atoms with van der Waals surface area (Å²) in [4.78, 5) is 15.8. The largest absolute Gasteiger partial charge is 0.308 e. The molecular weight excluding hydrogens is 288 g/mol. The molecule has 0 radical (unpaired) electrons. The number of hydrogen-bond donors (Lipinski definition) is 0. The highest BCUT2D eigenvalue weighted by Crippen LogP contribution is 2.45. The first-order valence-electron chi connectivity index (χ1n) is 7.46. The average Bonchev–Trinajstić information content (AvgIpc) is 3.06. The predicted octanol–water partition coefficient (Wildman–Crippen LogP) is 3.74. The second-order valence-electron chi connectivity index (χ2n) is 5.57. The summed E-state index contributed by atoms with van der Waals surface area (Å²) in [5.41, 5.74) is 0.749. The number of alkyl halides is 2. The van der Waals surface area contributed by atoms with Gasteiger partial charge in [-0.25, -0.2) is 9.67 Å². The van der Waals surface area contributed by atoms with Crippen LogP contribution in [0.1, 0.15) is 60.7 Å². The van der Waals surface area contributed by atoms with Gasteiger partial charge in [0.25, 0.3) is 0 Å². The lowest BCUT2D eigenvalue weighted by Crippen LogP contribution is -2.12. The maximum atomic E-state index is 14.2. The van der Waals surface area contributed by atoms with Crippen molar-refractivity contribution < 1.29 is 13.6 Å². The Morgan fingerprint density at radius 2 is 2.09 bits per heavy atom. The van der Waals surface area contributed by atoms with Crippen LogP contribution in [0.2, 0.25) is 0 Å². The van der Waals surface area contributed by atoms with E-state index in [1.54, 1.807) is 24.3 Å². The molecule has 0 amide bonds. The minimum Gasteiger partial charge on any atom is -0.291 e. The molecule has 22 heavy (non-hydrogen) atoms. The molecule has 0 saturated heterocycles. The Hall–Kier alpha value is -2.11. The monoisotopic (exact) mass is 305 g/mol. The molecule has 0 N–H and O–H groups in total. The summed E-state index contributed by atoms with van der Waals surface area (Å²) in [5, 5.41) is 4.07. The summed E-state index contributed by atoms with van der Waals surface area (Å²) in [6.45, 7) is 1.97. The summed E-state index contributed by atoms with van der Waals surface area (Å²) in [7, 11) is 0. The van der Waals surface area contributed by atoms with Crippen LogP contribution in [0, 0.1) is 0 Å². The third-order valence-corrected chi connectivity index (χ3v) is 3.89. The van der Waals surface area contributed by atoms with Gasteiger partial charge >= 0.3 is 5.92 Å². The lowest BCUT2D eigenvalue weighted by molar-refractivity contribution is -0.00883. The fraction of sp³-hybridized carbons (Fsp3) is 0.438. The van der Waals surface area contributed by atoms with Crippen LogP contribution in [-0.4, -0.2) is 20.5 Å². The van der Waals surface area contributed by atoms with Gasteiger partial charge in [-0.15, -0.1) is 5.10 Å². The van der Waals surface area contributed by atoms with Crippen molar-refractivity contribution in [1.82, 2.24) is 14.8 Å². The first kappa shape index (κ1) is 14.8. The standard InChI is InChI=1S/C16H17F2N3O/c1-2-3-9-13(22)14-19-15-16(17,18)10-12(21(15)20-14)11-7-5-4-6-8-11/h4-8,12H,2-3,9-10H2,1H3. The number of carbonyl (C=O) groups excluding carboxylic acids is 1. The minimum absolute atomic E-state index is 0.0937. The van der Waals surface area contributed by atoms with E-state index in [2.05, 4.69) is 10.1 Å². The molecule has 0 saturated carbocycles. The van der Waals surface area contributed by atoms with Gasteiger partial charge in [0, 0.05) is 12.8 Å². The van der Waals surface area contributed by atoms with E-state index < -0.39 is 17.8 Å². The van der Waals surface area contributed by atoms with Gasteiger partial charge in [0.2, 0.25) is 11.6 Å². The van der Waals surface area contributed by atoms with Crippen LogP contribution in [0.3, 0.4) is 0 Å². The molecule has 1 aliphatic heterocycles. The van der Waals surface area contributed by atoms with Crippen LogP contribution in [-0.2, 0) is 5.92 Å². The molecule has 116 valence electrons. The molecule has 1 unspecified atom stereocenters. The van der Waals surface area contributed by atoms with Crippen LogP contribution in [0.25, 0.3) is 0 Å².